The highest BCUT2D eigenvalue weighted by Crippen LogP contribution is 2.36. The van der Waals surface area contributed by atoms with E-state index in [0.717, 1.165) is 31.0 Å². The second-order valence-electron chi connectivity index (χ2n) is 6.51. The summed E-state index contributed by atoms with van der Waals surface area (Å²) < 4.78 is 38.6. The maximum absolute atomic E-state index is 12.9. The molecule has 0 amide bonds. The molecular weight excluding hydrogens is 335 g/mol. The van der Waals surface area contributed by atoms with Gasteiger partial charge in [-0.25, -0.2) is 10.1 Å². The van der Waals surface area contributed by atoms with Gasteiger partial charge < -0.3 is 9.80 Å². The van der Waals surface area contributed by atoms with E-state index in [1.165, 1.54) is 12.3 Å². The van der Waals surface area contributed by atoms with Crippen molar-refractivity contribution in [3.8, 4) is 0 Å². The van der Waals surface area contributed by atoms with Gasteiger partial charge in [0.05, 0.1) is 5.56 Å². The van der Waals surface area contributed by atoms with Gasteiger partial charge in [-0.05, 0) is 18.2 Å². The topological polar surface area (TPSA) is 65.1 Å². The maximum Gasteiger partial charge on any atom is 0.416 e. The summed E-state index contributed by atoms with van der Waals surface area (Å²) in [5.74, 6) is 1.77. The van der Waals surface area contributed by atoms with E-state index in [1.54, 1.807) is 6.07 Å². The zero-order valence-corrected chi connectivity index (χ0v) is 13.2. The van der Waals surface area contributed by atoms with Crippen LogP contribution in [0.15, 0.2) is 35.3 Å². The number of aromatic nitrogens is 3. The lowest BCUT2D eigenvalue weighted by molar-refractivity contribution is -0.137. The molecule has 0 saturated carbocycles. The van der Waals surface area contributed by atoms with Crippen molar-refractivity contribution in [2.45, 2.75) is 6.18 Å². The number of hydrogen-bond acceptors (Lipinski definition) is 5. The smallest absolute Gasteiger partial charge is 0.356 e. The molecule has 2 aliphatic rings. The number of nitrogens with zero attached hydrogens (tertiary/aromatic N) is 4. The van der Waals surface area contributed by atoms with Crippen molar-refractivity contribution in [1.29, 1.82) is 0 Å². The average molecular weight is 351 g/mol. The number of aromatic amines is 1. The molecule has 2 aromatic rings. The molecule has 1 N–H and O–H groups in total. The first-order valence-electron chi connectivity index (χ1n) is 7.99. The normalized spacial score (nSPS) is 23.2. The molecule has 6 nitrogen and oxygen atoms in total. The highest BCUT2D eigenvalue weighted by molar-refractivity contribution is 5.46. The minimum atomic E-state index is -4.36. The van der Waals surface area contributed by atoms with Gasteiger partial charge in [-0.2, -0.15) is 18.3 Å². The number of pyridine rings is 1. The molecule has 0 radical (unpaired) electrons. The van der Waals surface area contributed by atoms with Crippen molar-refractivity contribution in [3.05, 3.63) is 46.4 Å². The first-order valence-corrected chi connectivity index (χ1v) is 7.99. The third-order valence-electron chi connectivity index (χ3n) is 4.87. The number of nitrogens with one attached hydrogen (secondary N) is 1. The van der Waals surface area contributed by atoms with Crippen molar-refractivity contribution in [2.24, 2.45) is 11.8 Å². The van der Waals surface area contributed by atoms with Gasteiger partial charge in [0, 0.05) is 50.3 Å². The third kappa shape index (κ3) is 3.06. The largest absolute Gasteiger partial charge is 0.416 e. The van der Waals surface area contributed by atoms with Gasteiger partial charge >= 0.3 is 6.18 Å². The van der Waals surface area contributed by atoms with E-state index in [4.69, 9.17) is 0 Å². The summed E-state index contributed by atoms with van der Waals surface area (Å²) in [6.07, 6.45) is -3.15. The molecule has 0 aromatic carbocycles. The van der Waals surface area contributed by atoms with Gasteiger partial charge in [-0.3, -0.25) is 4.79 Å². The molecule has 2 atom stereocenters. The SMILES string of the molecule is O=c1ccc(N2CC3CN(c4cc(C(F)(F)F)ccn4)CC3C2)n[nH]1. The van der Waals surface area contributed by atoms with Crippen LogP contribution in [-0.2, 0) is 6.18 Å². The molecule has 0 spiro atoms. The number of anilines is 2. The van der Waals surface area contributed by atoms with Crippen LogP contribution in [0.2, 0.25) is 0 Å². The van der Waals surface area contributed by atoms with E-state index < -0.39 is 11.7 Å². The van der Waals surface area contributed by atoms with Crippen LogP contribution in [0.5, 0.6) is 0 Å². The molecule has 0 bridgehead atoms. The fourth-order valence-electron chi connectivity index (χ4n) is 3.65. The van der Waals surface area contributed by atoms with Gasteiger partial charge in [-0.15, -0.1) is 0 Å². The summed E-state index contributed by atoms with van der Waals surface area (Å²) in [4.78, 5) is 19.2. The van der Waals surface area contributed by atoms with E-state index in [9.17, 15) is 18.0 Å². The van der Waals surface area contributed by atoms with Crippen molar-refractivity contribution in [2.75, 3.05) is 36.0 Å². The Morgan fingerprint density at radius 1 is 1.00 bits per heavy atom. The predicted octanol–water partition coefficient (Wildman–Crippen LogP) is 1.76. The van der Waals surface area contributed by atoms with Gasteiger partial charge in [-0.1, -0.05) is 0 Å². The number of halogens is 3. The van der Waals surface area contributed by atoms with E-state index in [2.05, 4.69) is 20.1 Å². The van der Waals surface area contributed by atoms with Gasteiger partial charge in [0.15, 0.2) is 0 Å². The number of hydrogen-bond donors (Lipinski definition) is 1. The van der Waals surface area contributed by atoms with Crippen LogP contribution in [0, 0.1) is 11.8 Å². The summed E-state index contributed by atoms with van der Waals surface area (Å²) in [5.41, 5.74) is -0.918. The molecule has 4 rings (SSSR count). The lowest BCUT2D eigenvalue weighted by Crippen LogP contribution is -2.30. The van der Waals surface area contributed by atoms with Crippen LogP contribution in [-0.4, -0.2) is 41.4 Å². The van der Waals surface area contributed by atoms with Crippen LogP contribution < -0.4 is 15.4 Å². The summed E-state index contributed by atoms with van der Waals surface area (Å²) in [6.45, 7) is 2.86. The van der Waals surface area contributed by atoms with E-state index >= 15 is 0 Å². The van der Waals surface area contributed by atoms with E-state index in [-0.39, 0.29) is 5.56 Å². The Labute approximate surface area is 141 Å². The maximum atomic E-state index is 12.9. The fourth-order valence-corrected chi connectivity index (χ4v) is 3.65. The molecule has 2 aliphatic heterocycles. The Kier molecular flexibility index (Phi) is 3.66. The van der Waals surface area contributed by atoms with Crippen molar-refractivity contribution in [1.82, 2.24) is 15.2 Å². The minimum absolute atomic E-state index is 0.245. The van der Waals surface area contributed by atoms with Crippen LogP contribution >= 0.6 is 0 Å². The molecule has 2 unspecified atom stereocenters. The third-order valence-corrected chi connectivity index (χ3v) is 4.87. The standard InChI is InChI=1S/C16H16F3N5O/c17-16(18,19)12-3-4-20-14(5-12)24-8-10-6-23(7-11(10)9-24)13-1-2-15(25)22-21-13/h1-5,10-11H,6-9H2,(H,22,25). The Bertz CT molecular complexity index is 803. The highest BCUT2D eigenvalue weighted by atomic mass is 19.4. The first-order chi connectivity index (χ1) is 11.9. The van der Waals surface area contributed by atoms with Crippen LogP contribution in [0.3, 0.4) is 0 Å². The van der Waals surface area contributed by atoms with Crippen molar-refractivity contribution >= 4 is 11.6 Å². The molecule has 25 heavy (non-hydrogen) atoms. The van der Waals surface area contributed by atoms with Crippen molar-refractivity contribution < 1.29 is 13.2 Å². The van der Waals surface area contributed by atoms with Crippen molar-refractivity contribution in [3.63, 3.8) is 0 Å². The summed E-state index contributed by atoms with van der Waals surface area (Å²) in [7, 11) is 0. The molecule has 0 aliphatic carbocycles. The lowest BCUT2D eigenvalue weighted by Gasteiger charge is -2.23. The monoisotopic (exact) mass is 351 g/mol. The summed E-state index contributed by atoms with van der Waals surface area (Å²) in [6, 6.07) is 5.23. The Balaban J connectivity index is 1.46. The first kappa shape index (κ1) is 15.9. The number of fused-ring (bicyclic) bond motifs is 1. The van der Waals surface area contributed by atoms with Crippen LogP contribution in [0.1, 0.15) is 5.56 Å². The second kappa shape index (κ2) is 5.75. The fraction of sp³-hybridized carbons (Fsp3) is 0.438. The molecule has 2 saturated heterocycles. The predicted molar refractivity (Wildman–Crippen MR) is 85.5 cm³/mol. The Hall–Kier alpha value is -2.58. The zero-order chi connectivity index (χ0) is 17.6. The van der Waals surface area contributed by atoms with Gasteiger partial charge in [0.1, 0.15) is 11.6 Å². The molecule has 2 aromatic heterocycles. The van der Waals surface area contributed by atoms with Crippen LogP contribution in [0.4, 0.5) is 24.8 Å². The Morgan fingerprint density at radius 2 is 1.64 bits per heavy atom. The average Bonchev–Trinajstić information content (AvgIpc) is 3.14. The molecule has 2 fully saturated rings. The number of alkyl halides is 3. The number of H-pyrrole nitrogens is 1. The Morgan fingerprint density at radius 3 is 2.20 bits per heavy atom. The summed E-state index contributed by atoms with van der Waals surface area (Å²) in [5, 5.41) is 6.46. The van der Waals surface area contributed by atoms with Gasteiger partial charge in [0.2, 0.25) is 0 Å². The zero-order valence-electron chi connectivity index (χ0n) is 13.2. The van der Waals surface area contributed by atoms with E-state index in [1.807, 2.05) is 4.90 Å². The quantitative estimate of drug-likeness (QED) is 0.893. The lowest BCUT2D eigenvalue weighted by atomic mass is 10.0. The van der Waals surface area contributed by atoms with E-state index in [0.29, 0.717) is 30.7 Å². The second-order valence-corrected chi connectivity index (χ2v) is 6.51. The number of rotatable bonds is 2. The van der Waals surface area contributed by atoms with Crippen LogP contribution in [0.25, 0.3) is 0 Å². The molecule has 132 valence electrons. The molecule has 9 heteroatoms. The molecular formula is C16H16F3N5O. The highest BCUT2D eigenvalue weighted by Gasteiger charge is 2.41. The molecule has 4 heterocycles. The minimum Gasteiger partial charge on any atom is -0.356 e. The summed E-state index contributed by atoms with van der Waals surface area (Å²) >= 11 is 0. The van der Waals surface area contributed by atoms with Gasteiger partial charge in [0.25, 0.3) is 5.56 Å².